The molecule has 0 aliphatic carbocycles. The van der Waals surface area contributed by atoms with E-state index in [-0.39, 0.29) is 6.41 Å². The molecule has 2 rings (SSSR count). The summed E-state index contributed by atoms with van der Waals surface area (Å²) in [7, 11) is 3.85. The topological polar surface area (TPSA) is 26.6 Å². The van der Waals surface area contributed by atoms with Gasteiger partial charge in [-0.15, -0.1) is 0 Å². The SMILES string of the molecule is CO[C@H]1OC[C@@H](CC(C)C)N1C(c1cccn1C)C(C)C. The molecule has 0 amide bonds. The molecule has 1 unspecified atom stereocenters. The summed E-state index contributed by atoms with van der Waals surface area (Å²) in [5.41, 5.74) is 1.33. The molecule has 1 aromatic rings. The molecule has 0 spiro atoms. The molecule has 0 radical (unpaired) electrons. The smallest absolute Gasteiger partial charge is 0.219 e. The fraction of sp³-hybridized carbons (Fsp3) is 0.765. The molecule has 21 heavy (non-hydrogen) atoms. The van der Waals surface area contributed by atoms with Gasteiger partial charge in [-0.1, -0.05) is 27.7 Å². The van der Waals surface area contributed by atoms with Crippen molar-refractivity contribution in [2.75, 3.05) is 13.7 Å². The maximum Gasteiger partial charge on any atom is 0.219 e. The minimum atomic E-state index is -0.240. The minimum Gasteiger partial charge on any atom is -0.353 e. The quantitative estimate of drug-likeness (QED) is 0.804. The molecule has 0 saturated carbocycles. The first-order chi connectivity index (χ1) is 9.95. The summed E-state index contributed by atoms with van der Waals surface area (Å²) in [6.45, 7) is 9.84. The van der Waals surface area contributed by atoms with Crippen LogP contribution >= 0.6 is 0 Å². The lowest BCUT2D eigenvalue weighted by molar-refractivity contribution is -0.177. The molecule has 1 aliphatic heterocycles. The molecule has 0 aromatic carbocycles. The molecule has 1 aromatic heterocycles. The lowest BCUT2D eigenvalue weighted by Gasteiger charge is -2.38. The Kier molecular flexibility index (Phi) is 5.47. The van der Waals surface area contributed by atoms with E-state index >= 15 is 0 Å². The van der Waals surface area contributed by atoms with Crippen molar-refractivity contribution in [3.63, 3.8) is 0 Å². The molecule has 4 nitrogen and oxygen atoms in total. The average Bonchev–Trinajstić information content (AvgIpc) is 2.98. The van der Waals surface area contributed by atoms with Gasteiger partial charge in [-0.3, -0.25) is 0 Å². The van der Waals surface area contributed by atoms with E-state index in [9.17, 15) is 0 Å². The van der Waals surface area contributed by atoms with Crippen LogP contribution in [0.25, 0.3) is 0 Å². The van der Waals surface area contributed by atoms with Crippen LogP contribution in [0.15, 0.2) is 18.3 Å². The van der Waals surface area contributed by atoms with E-state index in [1.165, 1.54) is 5.69 Å². The van der Waals surface area contributed by atoms with E-state index in [0.717, 1.165) is 13.0 Å². The Morgan fingerprint density at radius 3 is 2.52 bits per heavy atom. The Balaban J connectivity index is 2.32. The first-order valence-corrected chi connectivity index (χ1v) is 7.98. The lowest BCUT2D eigenvalue weighted by Crippen LogP contribution is -2.44. The third-order valence-corrected chi connectivity index (χ3v) is 4.28. The third kappa shape index (κ3) is 3.50. The van der Waals surface area contributed by atoms with Gasteiger partial charge in [-0.2, -0.15) is 0 Å². The zero-order chi connectivity index (χ0) is 15.6. The highest BCUT2D eigenvalue weighted by molar-refractivity contribution is 5.13. The van der Waals surface area contributed by atoms with Crippen molar-refractivity contribution in [3.05, 3.63) is 24.0 Å². The molecule has 3 atom stereocenters. The lowest BCUT2D eigenvalue weighted by atomic mass is 9.95. The number of nitrogens with zero attached hydrogens (tertiary/aromatic N) is 2. The van der Waals surface area contributed by atoms with Crippen molar-refractivity contribution < 1.29 is 9.47 Å². The van der Waals surface area contributed by atoms with Gasteiger partial charge in [0, 0.05) is 32.1 Å². The van der Waals surface area contributed by atoms with Crippen LogP contribution in [0, 0.1) is 11.8 Å². The largest absolute Gasteiger partial charge is 0.353 e. The Hall–Kier alpha value is -0.840. The Labute approximate surface area is 129 Å². The van der Waals surface area contributed by atoms with Crippen LogP contribution in [0.4, 0.5) is 0 Å². The van der Waals surface area contributed by atoms with Crippen molar-refractivity contribution in [2.24, 2.45) is 18.9 Å². The molecule has 4 heteroatoms. The highest BCUT2D eigenvalue weighted by atomic mass is 16.7. The van der Waals surface area contributed by atoms with Gasteiger partial charge in [0.15, 0.2) is 0 Å². The normalized spacial score (nSPS) is 25.1. The number of hydrogen-bond donors (Lipinski definition) is 0. The van der Waals surface area contributed by atoms with Crippen molar-refractivity contribution >= 4 is 0 Å². The predicted octanol–water partition coefficient (Wildman–Crippen LogP) is 3.40. The second-order valence-electron chi connectivity index (χ2n) is 6.84. The maximum absolute atomic E-state index is 5.89. The molecule has 120 valence electrons. The van der Waals surface area contributed by atoms with E-state index in [0.29, 0.717) is 23.9 Å². The highest BCUT2D eigenvalue weighted by Gasteiger charge is 2.41. The molecular weight excluding hydrogens is 264 g/mol. The van der Waals surface area contributed by atoms with Crippen LogP contribution in [-0.2, 0) is 16.5 Å². The number of aromatic nitrogens is 1. The van der Waals surface area contributed by atoms with Crippen LogP contribution < -0.4 is 0 Å². The molecule has 0 bridgehead atoms. The zero-order valence-corrected chi connectivity index (χ0v) is 14.2. The summed E-state index contributed by atoms with van der Waals surface area (Å²) in [6.07, 6.45) is 3.00. The zero-order valence-electron chi connectivity index (χ0n) is 14.2. The second kappa shape index (κ2) is 6.95. The summed E-state index contributed by atoms with van der Waals surface area (Å²) < 4.78 is 13.7. The molecule has 1 aliphatic rings. The number of hydrogen-bond acceptors (Lipinski definition) is 3. The van der Waals surface area contributed by atoms with Gasteiger partial charge in [0.1, 0.15) is 0 Å². The fourth-order valence-electron chi connectivity index (χ4n) is 3.44. The van der Waals surface area contributed by atoms with Gasteiger partial charge in [0.25, 0.3) is 0 Å². The number of methoxy groups -OCH3 is 1. The first-order valence-electron chi connectivity index (χ1n) is 7.98. The fourth-order valence-corrected chi connectivity index (χ4v) is 3.44. The van der Waals surface area contributed by atoms with Crippen molar-refractivity contribution in [1.29, 1.82) is 0 Å². The van der Waals surface area contributed by atoms with E-state index in [4.69, 9.17) is 9.47 Å². The van der Waals surface area contributed by atoms with Gasteiger partial charge in [0.2, 0.25) is 6.41 Å². The van der Waals surface area contributed by atoms with E-state index in [2.05, 4.69) is 62.5 Å². The van der Waals surface area contributed by atoms with Crippen LogP contribution in [-0.4, -0.2) is 35.6 Å². The maximum atomic E-state index is 5.89. The highest BCUT2D eigenvalue weighted by Crippen LogP contribution is 2.37. The van der Waals surface area contributed by atoms with Gasteiger partial charge < -0.3 is 14.0 Å². The minimum absolute atomic E-state index is 0.240. The monoisotopic (exact) mass is 294 g/mol. The van der Waals surface area contributed by atoms with Gasteiger partial charge in [-0.25, -0.2) is 4.90 Å². The van der Waals surface area contributed by atoms with Crippen LogP contribution in [0.3, 0.4) is 0 Å². The molecule has 1 saturated heterocycles. The summed E-state index contributed by atoms with van der Waals surface area (Å²) in [5.74, 6) is 1.14. The summed E-state index contributed by atoms with van der Waals surface area (Å²) >= 11 is 0. The molecular formula is C17H30N2O2. The number of ether oxygens (including phenoxy) is 2. The Morgan fingerprint density at radius 1 is 1.33 bits per heavy atom. The predicted molar refractivity (Wildman–Crippen MR) is 84.8 cm³/mol. The summed E-state index contributed by atoms with van der Waals surface area (Å²) in [5, 5.41) is 0. The number of rotatable bonds is 6. The summed E-state index contributed by atoms with van der Waals surface area (Å²) in [4.78, 5) is 2.43. The molecule has 0 N–H and O–H groups in total. The van der Waals surface area contributed by atoms with Crippen LogP contribution in [0.5, 0.6) is 0 Å². The van der Waals surface area contributed by atoms with Crippen molar-refractivity contribution in [1.82, 2.24) is 9.47 Å². The van der Waals surface area contributed by atoms with Crippen molar-refractivity contribution in [2.45, 2.75) is 52.6 Å². The Bertz CT molecular complexity index is 442. The van der Waals surface area contributed by atoms with Crippen LogP contribution in [0.2, 0.25) is 0 Å². The average molecular weight is 294 g/mol. The van der Waals surface area contributed by atoms with E-state index in [1.54, 1.807) is 7.11 Å². The van der Waals surface area contributed by atoms with Gasteiger partial charge in [-0.05, 0) is 30.4 Å². The standard InChI is InChI=1S/C17H30N2O2/c1-12(2)10-14-11-21-17(20-6)19(14)16(13(3)4)15-8-7-9-18(15)5/h7-9,12-14,16-17H,10-11H2,1-6H3/t14-,16?,17+/m1/s1. The molecule has 2 heterocycles. The van der Waals surface area contributed by atoms with Crippen molar-refractivity contribution in [3.8, 4) is 0 Å². The van der Waals surface area contributed by atoms with Crippen LogP contribution in [0.1, 0.15) is 45.9 Å². The third-order valence-electron chi connectivity index (χ3n) is 4.28. The van der Waals surface area contributed by atoms with Gasteiger partial charge >= 0.3 is 0 Å². The number of aryl methyl sites for hydroxylation is 1. The summed E-state index contributed by atoms with van der Waals surface area (Å²) in [6, 6.07) is 5.04. The van der Waals surface area contributed by atoms with E-state index in [1.807, 2.05) is 0 Å². The van der Waals surface area contributed by atoms with Gasteiger partial charge in [0.05, 0.1) is 12.6 Å². The Morgan fingerprint density at radius 2 is 2.05 bits per heavy atom. The molecule has 1 fully saturated rings. The second-order valence-corrected chi connectivity index (χ2v) is 6.84. The first kappa shape index (κ1) is 16.5. The van der Waals surface area contributed by atoms with E-state index < -0.39 is 0 Å².